The molecule has 339 valence electrons. The van der Waals surface area contributed by atoms with E-state index in [1.54, 1.807) is 0 Å². The first-order valence-corrected chi connectivity index (χ1v) is 23.3. The summed E-state index contributed by atoms with van der Waals surface area (Å²) in [6.45, 7) is 13.3. The van der Waals surface area contributed by atoms with Gasteiger partial charge in [-0.05, 0) is 86.1 Å². The van der Waals surface area contributed by atoms with Crippen LogP contribution in [0.3, 0.4) is 0 Å². The minimum absolute atomic E-state index is 0. The van der Waals surface area contributed by atoms with Gasteiger partial charge in [0.2, 0.25) is 0 Å². The molecule has 5 nitrogen and oxygen atoms in total. The first-order valence-electron chi connectivity index (χ1n) is 23.3. The third-order valence-electron chi connectivity index (χ3n) is 12.8. The van der Waals surface area contributed by atoms with Crippen LogP contribution in [0.25, 0.3) is 105 Å². The topological polar surface area (TPSA) is 56.7 Å². The van der Waals surface area contributed by atoms with Crippen LogP contribution in [-0.4, -0.2) is 19.5 Å². The zero-order valence-corrected chi connectivity index (χ0v) is 41.9. The Labute approximate surface area is 416 Å². The smallest absolute Gasteiger partial charge is 0.121 e. The van der Waals surface area contributed by atoms with Crippen LogP contribution >= 0.6 is 0 Å². The van der Waals surface area contributed by atoms with Crippen molar-refractivity contribution in [2.45, 2.75) is 52.4 Å². The molecule has 0 bridgehead atoms. The van der Waals surface area contributed by atoms with E-state index in [1.807, 2.05) is 42.6 Å². The van der Waals surface area contributed by atoms with E-state index in [4.69, 9.17) is 9.40 Å². The van der Waals surface area contributed by atoms with Crippen molar-refractivity contribution >= 4 is 54.5 Å². The van der Waals surface area contributed by atoms with Crippen molar-refractivity contribution in [3.05, 3.63) is 218 Å². The summed E-state index contributed by atoms with van der Waals surface area (Å²) in [6, 6.07) is 72.7. The fourth-order valence-corrected chi connectivity index (χ4v) is 9.25. The number of hydrogen-bond donors (Lipinski definition) is 0. The number of nitrogens with zero attached hydrogens (tertiary/aromatic N) is 4. The Morgan fingerprint density at radius 3 is 1.88 bits per heavy atom. The summed E-state index contributed by atoms with van der Waals surface area (Å²) in [5.74, 6) is 1.53. The molecule has 9 aromatic carbocycles. The van der Waals surface area contributed by atoms with Gasteiger partial charge < -0.3 is 8.98 Å². The van der Waals surface area contributed by atoms with E-state index >= 15 is 0 Å². The molecule has 0 unspecified atom stereocenters. The van der Waals surface area contributed by atoms with E-state index in [-0.39, 0.29) is 30.9 Å². The first kappa shape index (κ1) is 45.3. The molecule has 12 aromatic rings. The standard InChI is InChI=1S/C49H35N2O.C14H15N2.Ir/c1-49(2,3)35-28-40(31-15-6-4-7-16-31)46(41(29-35)32-17-8-5-9-18-32)51-44-24-13-12-23-43(44)50-48(51)38-22-14-21-37-42-27-34-26-25-33-19-10-11-20-36(33)39(34)30-45(42)52-47(37)38;1-14(2,3)12-9-10-15-13(16-12)11-7-5-4-6-8-11;/h4-21,23-30H,1-3H3;4-7,9-10H,1-3H3;/q2*-1;. The van der Waals surface area contributed by atoms with Crippen molar-refractivity contribution in [3.8, 4) is 50.7 Å². The summed E-state index contributed by atoms with van der Waals surface area (Å²) >= 11 is 0. The number of benzene rings is 9. The van der Waals surface area contributed by atoms with Crippen LogP contribution in [0.5, 0.6) is 0 Å². The van der Waals surface area contributed by atoms with Crippen LogP contribution in [0.2, 0.25) is 0 Å². The van der Waals surface area contributed by atoms with Gasteiger partial charge in [-0.2, -0.15) is 0 Å². The Morgan fingerprint density at radius 2 is 1.19 bits per heavy atom. The van der Waals surface area contributed by atoms with Crippen LogP contribution in [0.4, 0.5) is 0 Å². The molecule has 0 atom stereocenters. The van der Waals surface area contributed by atoms with Crippen molar-refractivity contribution in [1.82, 2.24) is 19.5 Å². The van der Waals surface area contributed by atoms with Gasteiger partial charge in [-0.15, -0.1) is 54.1 Å². The zero-order chi connectivity index (χ0) is 46.6. The number of hydrogen-bond acceptors (Lipinski definition) is 4. The third-order valence-corrected chi connectivity index (χ3v) is 12.8. The van der Waals surface area contributed by atoms with Gasteiger partial charge in [0.15, 0.2) is 0 Å². The number of aromatic nitrogens is 4. The number of rotatable bonds is 5. The number of furan rings is 1. The minimum Gasteiger partial charge on any atom is -0.501 e. The van der Waals surface area contributed by atoms with E-state index in [1.165, 1.54) is 27.1 Å². The van der Waals surface area contributed by atoms with E-state index < -0.39 is 0 Å². The molecule has 0 N–H and O–H groups in total. The average Bonchev–Trinajstić information content (AvgIpc) is 3.94. The maximum atomic E-state index is 6.89. The van der Waals surface area contributed by atoms with Crippen LogP contribution in [-0.2, 0) is 30.9 Å². The monoisotopic (exact) mass is 1070 g/mol. The van der Waals surface area contributed by atoms with Gasteiger partial charge >= 0.3 is 0 Å². The molecule has 1 radical (unpaired) electrons. The Hall–Kier alpha value is -7.50. The van der Waals surface area contributed by atoms with Gasteiger partial charge in [-0.25, -0.2) is 0 Å². The summed E-state index contributed by atoms with van der Waals surface area (Å²) in [6.07, 6.45) is 1.81. The third kappa shape index (κ3) is 8.56. The molecule has 0 aliphatic heterocycles. The second-order valence-corrected chi connectivity index (χ2v) is 19.5. The summed E-state index contributed by atoms with van der Waals surface area (Å²) in [4.78, 5) is 14.2. The average molecular weight is 1070 g/mol. The van der Waals surface area contributed by atoms with Gasteiger partial charge in [-0.3, -0.25) is 15.0 Å². The number of para-hydroxylation sites is 2. The molecule has 6 heteroatoms. The largest absolute Gasteiger partial charge is 0.501 e. The Morgan fingerprint density at radius 1 is 0.522 bits per heavy atom. The Kier molecular flexibility index (Phi) is 11.9. The predicted molar refractivity (Wildman–Crippen MR) is 282 cm³/mol. The molecular formula is C63H50IrN4O-2. The fourth-order valence-electron chi connectivity index (χ4n) is 9.25. The molecule has 3 heterocycles. The number of imidazole rings is 1. The fraction of sp³-hybridized carbons (Fsp3) is 0.127. The van der Waals surface area contributed by atoms with Crippen molar-refractivity contribution in [3.63, 3.8) is 0 Å². The quantitative estimate of drug-likeness (QED) is 0.127. The van der Waals surface area contributed by atoms with E-state index in [0.717, 1.165) is 89.4 Å². The maximum absolute atomic E-state index is 6.89. The van der Waals surface area contributed by atoms with Crippen molar-refractivity contribution in [2.75, 3.05) is 0 Å². The molecule has 3 aromatic heterocycles. The van der Waals surface area contributed by atoms with Crippen molar-refractivity contribution in [2.24, 2.45) is 0 Å². The molecule has 0 saturated carbocycles. The van der Waals surface area contributed by atoms with Crippen molar-refractivity contribution in [1.29, 1.82) is 0 Å². The van der Waals surface area contributed by atoms with E-state index in [9.17, 15) is 0 Å². The van der Waals surface area contributed by atoms with Crippen LogP contribution in [0.15, 0.2) is 199 Å². The van der Waals surface area contributed by atoms with Crippen molar-refractivity contribution < 1.29 is 24.5 Å². The van der Waals surface area contributed by atoms with Crippen LogP contribution < -0.4 is 0 Å². The van der Waals surface area contributed by atoms with Gasteiger partial charge in [0.1, 0.15) is 5.58 Å². The summed E-state index contributed by atoms with van der Waals surface area (Å²) in [5.41, 5.74) is 13.3. The molecule has 0 aliphatic carbocycles. The molecule has 0 aliphatic rings. The summed E-state index contributed by atoms with van der Waals surface area (Å²) in [5, 5.41) is 6.94. The van der Waals surface area contributed by atoms with Gasteiger partial charge in [0.25, 0.3) is 0 Å². The Balaban J connectivity index is 0.000000277. The van der Waals surface area contributed by atoms with Crippen LogP contribution in [0, 0.1) is 12.1 Å². The first-order chi connectivity index (χ1) is 33.0. The van der Waals surface area contributed by atoms with Gasteiger partial charge in [-0.1, -0.05) is 162 Å². The molecule has 69 heavy (non-hydrogen) atoms. The van der Waals surface area contributed by atoms with Gasteiger partial charge in [0.05, 0.1) is 34.0 Å². The van der Waals surface area contributed by atoms with E-state index in [0.29, 0.717) is 0 Å². The molecule has 0 saturated heterocycles. The van der Waals surface area contributed by atoms with Gasteiger partial charge in [0, 0.05) is 53.9 Å². The number of fused-ring (bicyclic) bond motifs is 7. The SMILES string of the molecule is CC(C)(C)c1cc(-c2ccccc2)c(-n2c(-c3[c-]ccc4c3oc3cc5c(ccc6ccccc65)cc34)nc3ccccc32)c(-c2ccccc2)c1.CC(C)(C)c1ccnc(-c2[c-]cccc2)n1.[Ir]. The second-order valence-electron chi connectivity index (χ2n) is 19.5. The molecule has 0 fully saturated rings. The zero-order valence-electron chi connectivity index (χ0n) is 39.5. The molecule has 12 rings (SSSR count). The van der Waals surface area contributed by atoms with E-state index in [2.05, 4.69) is 220 Å². The normalized spacial score (nSPS) is 11.8. The molecule has 0 spiro atoms. The minimum atomic E-state index is -0.0755. The summed E-state index contributed by atoms with van der Waals surface area (Å²) in [7, 11) is 0. The maximum Gasteiger partial charge on any atom is 0.121 e. The van der Waals surface area contributed by atoms with Crippen LogP contribution in [0.1, 0.15) is 52.8 Å². The Bertz CT molecular complexity index is 3740. The molecular weight excluding hydrogens is 1020 g/mol. The predicted octanol–water partition coefficient (Wildman–Crippen LogP) is 16.6. The summed E-state index contributed by atoms with van der Waals surface area (Å²) < 4.78 is 9.23. The molecule has 0 amide bonds. The second kappa shape index (κ2) is 18.2.